The Balaban J connectivity index is 0.000000533. The van der Waals surface area contributed by atoms with Gasteiger partial charge >= 0.3 is 0 Å². The van der Waals surface area contributed by atoms with Crippen LogP contribution in [0.3, 0.4) is 0 Å². The van der Waals surface area contributed by atoms with E-state index in [0.29, 0.717) is 0 Å². The lowest BCUT2D eigenvalue weighted by Gasteiger charge is -2.34. The van der Waals surface area contributed by atoms with Gasteiger partial charge in [0, 0.05) is 36.2 Å². The summed E-state index contributed by atoms with van der Waals surface area (Å²) in [5.41, 5.74) is 14.2. The molecule has 0 aromatic heterocycles. The Kier molecular flexibility index (Phi) is 10.1. The number of hydrogen-bond donors (Lipinski definition) is 0. The van der Waals surface area contributed by atoms with E-state index in [1.54, 1.807) is 0 Å². The van der Waals surface area contributed by atoms with Gasteiger partial charge in [-0.05, 0) is 128 Å². The van der Waals surface area contributed by atoms with Gasteiger partial charge in [-0.1, -0.05) is 145 Å². The molecule has 0 bridgehead atoms. The molecule has 1 nitrogen and oxygen atoms in total. The van der Waals surface area contributed by atoms with Gasteiger partial charge in [0.1, 0.15) is 0 Å². The molecule has 9 rings (SSSR count). The summed E-state index contributed by atoms with van der Waals surface area (Å²) in [6.45, 7) is 11.2. The molecule has 2 aliphatic rings. The second-order valence-electron chi connectivity index (χ2n) is 14.5. The van der Waals surface area contributed by atoms with E-state index in [0.717, 1.165) is 6.42 Å². The van der Waals surface area contributed by atoms with Crippen molar-refractivity contribution < 1.29 is 0 Å². The fourth-order valence-corrected chi connectivity index (χ4v) is 10.2. The molecule has 0 saturated heterocycles. The van der Waals surface area contributed by atoms with Crippen LogP contribution in [0.25, 0.3) is 27.5 Å². The summed E-state index contributed by atoms with van der Waals surface area (Å²) < 4.78 is 0.0490. The molecule has 1 heterocycles. The van der Waals surface area contributed by atoms with Crippen LogP contribution in [-0.2, 0) is 0 Å². The lowest BCUT2D eigenvalue weighted by molar-refractivity contribution is 0.818. The van der Waals surface area contributed by atoms with Crippen LogP contribution in [0.5, 0.6) is 0 Å². The van der Waals surface area contributed by atoms with Crippen molar-refractivity contribution in [3.05, 3.63) is 203 Å². The van der Waals surface area contributed by atoms with Crippen molar-refractivity contribution in [2.45, 2.75) is 60.5 Å². The van der Waals surface area contributed by atoms with Crippen LogP contribution in [0.15, 0.2) is 190 Å². The molecule has 1 aliphatic heterocycles. The minimum absolute atomic E-state index is 0.0490. The van der Waals surface area contributed by atoms with Gasteiger partial charge in [0.25, 0.3) is 0 Å². The van der Waals surface area contributed by atoms with Gasteiger partial charge in [0.05, 0.1) is 5.69 Å². The van der Waals surface area contributed by atoms with Crippen LogP contribution in [0.4, 0.5) is 11.4 Å². The molecule has 266 valence electrons. The zero-order valence-corrected chi connectivity index (χ0v) is 33.3. The summed E-state index contributed by atoms with van der Waals surface area (Å²) in [6.07, 6.45) is 5.88. The van der Waals surface area contributed by atoms with Gasteiger partial charge in [0.15, 0.2) is 0 Å². The Labute approximate surface area is 329 Å². The monoisotopic (exact) mass is 735 g/mol. The molecule has 1 unspecified atom stereocenters. The number of anilines is 2. The van der Waals surface area contributed by atoms with Crippen molar-refractivity contribution in [1.82, 2.24) is 0 Å². The smallest absolute Gasteiger partial charge is 0.0539 e. The van der Waals surface area contributed by atoms with Gasteiger partial charge in [-0.2, -0.15) is 0 Å². The number of aryl methyl sites for hydroxylation is 4. The van der Waals surface area contributed by atoms with E-state index in [-0.39, 0.29) is 4.75 Å². The second-order valence-corrected chi connectivity index (χ2v) is 17.2. The number of allylic oxidation sites excluding steroid dienone is 2. The van der Waals surface area contributed by atoms with Gasteiger partial charge < -0.3 is 4.90 Å². The Hall–Kier alpha value is -5.22. The first-order valence-corrected chi connectivity index (χ1v) is 20.4. The molecule has 54 heavy (non-hydrogen) atoms. The normalized spacial score (nSPS) is 15.7. The SMILES string of the molecule is Cc1ccccc1.Cc1ccccc1Sc1cccc(C)c1-c1ccc(N(C2=CCC3(C)Sc4ccccc4C3=C2)c2cccc3ccccc23)cc1C. The van der Waals surface area contributed by atoms with E-state index in [4.69, 9.17) is 0 Å². The average molecular weight is 736 g/mol. The zero-order valence-electron chi connectivity index (χ0n) is 31.6. The minimum Gasteiger partial charge on any atom is -0.310 e. The maximum Gasteiger partial charge on any atom is 0.0539 e. The van der Waals surface area contributed by atoms with Crippen LogP contribution in [0, 0.1) is 27.7 Å². The van der Waals surface area contributed by atoms with Crippen molar-refractivity contribution in [3.63, 3.8) is 0 Å². The molecular weight excluding hydrogens is 691 g/mol. The molecule has 0 fully saturated rings. The fourth-order valence-electron chi connectivity index (χ4n) is 7.70. The van der Waals surface area contributed by atoms with Crippen molar-refractivity contribution in [2.75, 3.05) is 4.90 Å². The Bertz CT molecular complexity index is 2540. The van der Waals surface area contributed by atoms with Crippen molar-refractivity contribution in [2.24, 2.45) is 0 Å². The van der Waals surface area contributed by atoms with Crippen LogP contribution >= 0.6 is 23.5 Å². The molecule has 0 spiro atoms. The van der Waals surface area contributed by atoms with E-state index in [1.165, 1.54) is 87.0 Å². The average Bonchev–Trinajstić information content (AvgIpc) is 3.49. The number of thioether (sulfide) groups is 1. The molecule has 1 aliphatic carbocycles. The summed E-state index contributed by atoms with van der Waals surface area (Å²) in [7, 11) is 0. The second kappa shape index (κ2) is 15.3. The van der Waals surface area contributed by atoms with Gasteiger partial charge in [0.2, 0.25) is 0 Å². The van der Waals surface area contributed by atoms with Crippen molar-refractivity contribution >= 4 is 51.2 Å². The maximum absolute atomic E-state index is 2.48. The van der Waals surface area contributed by atoms with Crippen LogP contribution in [0.1, 0.15) is 41.2 Å². The number of nitrogens with zero attached hydrogens (tertiary/aromatic N) is 1. The van der Waals surface area contributed by atoms with Crippen molar-refractivity contribution in [3.8, 4) is 11.1 Å². The van der Waals surface area contributed by atoms with E-state index in [2.05, 4.69) is 191 Å². The number of rotatable bonds is 6. The van der Waals surface area contributed by atoms with E-state index >= 15 is 0 Å². The third-order valence-electron chi connectivity index (χ3n) is 10.6. The first-order valence-electron chi connectivity index (χ1n) is 18.7. The lowest BCUT2D eigenvalue weighted by atomic mass is 9.86. The lowest BCUT2D eigenvalue weighted by Crippen LogP contribution is -2.24. The molecule has 1 atom stereocenters. The maximum atomic E-state index is 2.48. The molecule has 0 radical (unpaired) electrons. The van der Waals surface area contributed by atoms with E-state index < -0.39 is 0 Å². The molecule has 7 aromatic rings. The quantitative estimate of drug-likeness (QED) is 0.167. The molecule has 0 saturated carbocycles. The highest BCUT2D eigenvalue weighted by Crippen LogP contribution is 2.57. The predicted molar refractivity (Wildman–Crippen MR) is 235 cm³/mol. The van der Waals surface area contributed by atoms with Gasteiger partial charge in [-0.3, -0.25) is 0 Å². The molecule has 7 aromatic carbocycles. The third kappa shape index (κ3) is 7.07. The van der Waals surface area contributed by atoms with Gasteiger partial charge in [-0.25, -0.2) is 0 Å². The zero-order chi connectivity index (χ0) is 37.2. The minimum atomic E-state index is 0.0490. The molecule has 0 amide bonds. The number of hydrogen-bond acceptors (Lipinski definition) is 3. The number of benzene rings is 7. The summed E-state index contributed by atoms with van der Waals surface area (Å²) in [5.74, 6) is 0. The summed E-state index contributed by atoms with van der Waals surface area (Å²) in [4.78, 5) is 6.45. The number of fused-ring (bicyclic) bond motifs is 4. The first kappa shape index (κ1) is 35.8. The molecule has 0 N–H and O–H groups in total. The van der Waals surface area contributed by atoms with Crippen LogP contribution in [-0.4, -0.2) is 4.75 Å². The molecule has 3 heteroatoms. The molecular formula is C51H45NS2. The fraction of sp³-hybridized carbons (Fsp3) is 0.137. The third-order valence-corrected chi connectivity index (χ3v) is 13.2. The Morgan fingerprint density at radius 3 is 2.07 bits per heavy atom. The predicted octanol–water partition coefficient (Wildman–Crippen LogP) is 15.0. The summed E-state index contributed by atoms with van der Waals surface area (Å²) in [6, 6.07) is 57.0. The highest BCUT2D eigenvalue weighted by atomic mass is 32.2. The Morgan fingerprint density at radius 2 is 1.28 bits per heavy atom. The standard InChI is InChI=1S/C44H37NS2.C7H8/c1-29-13-5-9-20-40(29)46-42-22-11-14-30(2)43(42)35-24-23-33(27-31(35)3)45(39-19-12-16-32-15-6-7-17-36(32)39)34-25-26-44(4)38(28-34)37-18-8-10-21-41(37)47-44;1-7-5-3-2-4-6-7/h5-25,27-28H,26H2,1-4H3;2-6H,1H3. The van der Waals surface area contributed by atoms with E-state index in [9.17, 15) is 0 Å². The van der Waals surface area contributed by atoms with Crippen LogP contribution in [0.2, 0.25) is 0 Å². The Morgan fingerprint density at radius 1 is 0.593 bits per heavy atom. The highest BCUT2D eigenvalue weighted by Gasteiger charge is 2.40. The largest absolute Gasteiger partial charge is 0.310 e. The first-order chi connectivity index (χ1) is 26.3. The summed E-state index contributed by atoms with van der Waals surface area (Å²) in [5, 5.41) is 2.50. The van der Waals surface area contributed by atoms with E-state index in [1.807, 2.05) is 41.7 Å². The van der Waals surface area contributed by atoms with Gasteiger partial charge in [-0.15, -0.1) is 11.8 Å². The van der Waals surface area contributed by atoms with Crippen molar-refractivity contribution in [1.29, 1.82) is 0 Å². The topological polar surface area (TPSA) is 3.24 Å². The van der Waals surface area contributed by atoms with Crippen LogP contribution < -0.4 is 4.90 Å². The highest BCUT2D eigenvalue weighted by molar-refractivity contribution is 8.01. The summed E-state index contributed by atoms with van der Waals surface area (Å²) >= 11 is 3.87.